The lowest BCUT2D eigenvalue weighted by Crippen LogP contribution is -2.27. The Morgan fingerprint density at radius 2 is 1.77 bits per heavy atom. The van der Waals surface area contributed by atoms with E-state index in [-0.39, 0.29) is 36.2 Å². The van der Waals surface area contributed by atoms with Gasteiger partial charge in [0.05, 0.1) is 16.6 Å². The van der Waals surface area contributed by atoms with Gasteiger partial charge in [-0.3, -0.25) is 9.59 Å². The predicted molar refractivity (Wildman–Crippen MR) is 113 cm³/mol. The summed E-state index contributed by atoms with van der Waals surface area (Å²) in [7, 11) is 0. The third-order valence-electron chi connectivity index (χ3n) is 4.62. The molecule has 0 fully saturated rings. The average Bonchev–Trinajstić information content (AvgIpc) is 3.19. The predicted octanol–water partition coefficient (Wildman–Crippen LogP) is 4.27. The minimum atomic E-state index is -0.591. The van der Waals surface area contributed by atoms with Crippen LogP contribution in [0.15, 0.2) is 66.7 Å². The van der Waals surface area contributed by atoms with Crippen LogP contribution in [-0.4, -0.2) is 28.3 Å². The molecule has 3 aromatic carbocycles. The van der Waals surface area contributed by atoms with Gasteiger partial charge < -0.3 is 15.6 Å². The molecule has 4 rings (SSSR count). The van der Waals surface area contributed by atoms with E-state index in [2.05, 4.69) is 20.6 Å². The van der Waals surface area contributed by atoms with E-state index < -0.39 is 11.6 Å². The average molecular weight is 420 g/mol. The molecule has 0 aliphatic heterocycles. The van der Waals surface area contributed by atoms with E-state index in [1.807, 2.05) is 6.07 Å². The molecule has 0 saturated carbocycles. The summed E-state index contributed by atoms with van der Waals surface area (Å²) in [4.78, 5) is 31.4. The van der Waals surface area contributed by atoms with Crippen molar-refractivity contribution in [1.82, 2.24) is 15.3 Å². The molecule has 4 aromatic rings. The second-order valence-electron chi connectivity index (χ2n) is 6.86. The van der Waals surface area contributed by atoms with Gasteiger partial charge in [0.25, 0.3) is 5.91 Å². The lowest BCUT2D eigenvalue weighted by atomic mass is 10.2. The molecule has 0 bridgehead atoms. The first-order chi connectivity index (χ1) is 15.0. The Balaban J connectivity index is 1.39. The molecule has 3 N–H and O–H groups in total. The Morgan fingerprint density at radius 1 is 0.968 bits per heavy atom. The number of aromatic amines is 1. The van der Waals surface area contributed by atoms with Crippen molar-refractivity contribution in [2.75, 3.05) is 11.9 Å². The first kappa shape index (κ1) is 20.2. The highest BCUT2D eigenvalue weighted by Crippen LogP contribution is 2.25. The summed E-state index contributed by atoms with van der Waals surface area (Å²) in [5.41, 5.74) is 2.18. The summed E-state index contributed by atoms with van der Waals surface area (Å²) in [6.07, 6.45) is 0.0966. The molecular formula is C23H18F2N4O2. The van der Waals surface area contributed by atoms with Crippen molar-refractivity contribution in [1.29, 1.82) is 0 Å². The second-order valence-corrected chi connectivity index (χ2v) is 6.86. The van der Waals surface area contributed by atoms with E-state index in [9.17, 15) is 18.4 Å². The molecule has 2 amide bonds. The van der Waals surface area contributed by atoms with Crippen molar-refractivity contribution >= 4 is 28.5 Å². The van der Waals surface area contributed by atoms with Crippen LogP contribution in [-0.2, 0) is 4.79 Å². The Morgan fingerprint density at radius 3 is 2.58 bits per heavy atom. The summed E-state index contributed by atoms with van der Waals surface area (Å²) in [5, 5.41) is 5.44. The highest BCUT2D eigenvalue weighted by Gasteiger charge is 2.12. The zero-order valence-corrected chi connectivity index (χ0v) is 16.3. The van der Waals surface area contributed by atoms with Gasteiger partial charge in [-0.1, -0.05) is 18.2 Å². The lowest BCUT2D eigenvalue weighted by molar-refractivity contribution is -0.116. The third kappa shape index (κ3) is 4.75. The first-order valence-corrected chi connectivity index (χ1v) is 9.58. The number of nitrogens with one attached hydrogen (secondary N) is 3. The van der Waals surface area contributed by atoms with Crippen molar-refractivity contribution in [3.8, 4) is 11.4 Å². The van der Waals surface area contributed by atoms with Gasteiger partial charge in [-0.25, -0.2) is 13.8 Å². The van der Waals surface area contributed by atoms with E-state index in [4.69, 9.17) is 0 Å². The van der Waals surface area contributed by atoms with Gasteiger partial charge in [-0.15, -0.1) is 0 Å². The molecule has 0 aliphatic rings. The van der Waals surface area contributed by atoms with Gasteiger partial charge in [0.15, 0.2) is 0 Å². The van der Waals surface area contributed by atoms with Crippen LogP contribution >= 0.6 is 0 Å². The van der Waals surface area contributed by atoms with Crippen LogP contribution in [0.4, 0.5) is 14.5 Å². The van der Waals surface area contributed by atoms with Crippen LogP contribution in [0.2, 0.25) is 0 Å². The number of carbonyl (C=O) groups excluding carboxylic acids is 2. The molecule has 0 spiro atoms. The highest BCUT2D eigenvalue weighted by molar-refractivity contribution is 5.96. The summed E-state index contributed by atoms with van der Waals surface area (Å²) in [6.45, 7) is 0.189. The molecule has 31 heavy (non-hydrogen) atoms. The molecule has 0 saturated heterocycles. The topological polar surface area (TPSA) is 86.9 Å². The number of nitrogens with zero attached hydrogens (tertiary/aromatic N) is 1. The number of aromatic nitrogens is 2. The second kappa shape index (κ2) is 8.74. The summed E-state index contributed by atoms with van der Waals surface area (Å²) >= 11 is 0. The summed E-state index contributed by atoms with van der Waals surface area (Å²) in [6, 6.07) is 16.9. The monoisotopic (exact) mass is 420 g/mol. The smallest absolute Gasteiger partial charge is 0.251 e. The van der Waals surface area contributed by atoms with Gasteiger partial charge >= 0.3 is 0 Å². The SMILES string of the molecule is O=C(CCNC(=O)c1ccccc1)Nc1ccc2nc(-c3cc(F)ccc3F)[nH]c2c1. The van der Waals surface area contributed by atoms with E-state index in [1.54, 1.807) is 42.5 Å². The van der Waals surface area contributed by atoms with Gasteiger partial charge in [0, 0.05) is 24.2 Å². The number of imidazole rings is 1. The number of fused-ring (bicyclic) bond motifs is 1. The number of hydrogen-bond donors (Lipinski definition) is 3. The van der Waals surface area contributed by atoms with Crippen molar-refractivity contribution in [2.45, 2.75) is 6.42 Å². The van der Waals surface area contributed by atoms with Crippen molar-refractivity contribution in [3.63, 3.8) is 0 Å². The number of anilines is 1. The fraction of sp³-hybridized carbons (Fsp3) is 0.0870. The maximum atomic E-state index is 14.0. The number of H-pyrrole nitrogens is 1. The zero-order valence-electron chi connectivity index (χ0n) is 16.3. The molecule has 156 valence electrons. The molecule has 0 unspecified atom stereocenters. The zero-order chi connectivity index (χ0) is 21.8. The Labute approximate surface area is 176 Å². The molecule has 0 radical (unpaired) electrons. The maximum Gasteiger partial charge on any atom is 0.251 e. The number of carbonyl (C=O) groups is 2. The minimum absolute atomic E-state index is 0.0240. The van der Waals surface area contributed by atoms with Crippen molar-refractivity contribution in [2.24, 2.45) is 0 Å². The Kier molecular flexibility index (Phi) is 5.70. The number of halogens is 2. The Bertz CT molecular complexity index is 1260. The van der Waals surface area contributed by atoms with E-state index in [0.29, 0.717) is 22.3 Å². The van der Waals surface area contributed by atoms with Crippen LogP contribution in [0, 0.1) is 11.6 Å². The van der Waals surface area contributed by atoms with Crippen LogP contribution < -0.4 is 10.6 Å². The molecule has 6 nitrogen and oxygen atoms in total. The lowest BCUT2D eigenvalue weighted by Gasteiger charge is -2.07. The molecule has 0 atom stereocenters. The summed E-state index contributed by atoms with van der Waals surface area (Å²) in [5.74, 6) is -1.48. The van der Waals surface area contributed by atoms with Gasteiger partial charge in [-0.05, 0) is 48.5 Å². The molecule has 1 aromatic heterocycles. The van der Waals surface area contributed by atoms with Crippen molar-refractivity contribution in [3.05, 3.63) is 83.9 Å². The normalized spacial score (nSPS) is 10.8. The summed E-state index contributed by atoms with van der Waals surface area (Å²) < 4.78 is 27.5. The molecule has 8 heteroatoms. The number of hydrogen-bond acceptors (Lipinski definition) is 3. The fourth-order valence-electron chi connectivity index (χ4n) is 3.10. The third-order valence-corrected chi connectivity index (χ3v) is 4.62. The van der Waals surface area contributed by atoms with Gasteiger partial charge in [0.1, 0.15) is 17.5 Å². The number of amides is 2. The van der Waals surface area contributed by atoms with Crippen LogP contribution in [0.3, 0.4) is 0 Å². The maximum absolute atomic E-state index is 14.0. The first-order valence-electron chi connectivity index (χ1n) is 9.58. The van der Waals surface area contributed by atoms with E-state index in [1.165, 1.54) is 0 Å². The van der Waals surface area contributed by atoms with Crippen LogP contribution in [0.1, 0.15) is 16.8 Å². The highest BCUT2D eigenvalue weighted by atomic mass is 19.1. The standard InChI is InChI=1S/C23H18F2N4O2/c24-15-6-8-18(25)17(12-15)22-28-19-9-7-16(13-20(19)29-22)27-21(30)10-11-26-23(31)14-4-2-1-3-5-14/h1-9,12-13H,10-11H2,(H,26,31)(H,27,30)(H,28,29). The van der Waals surface area contributed by atoms with Crippen LogP contribution in [0.5, 0.6) is 0 Å². The minimum Gasteiger partial charge on any atom is -0.352 e. The molecule has 0 aliphatic carbocycles. The van der Waals surface area contributed by atoms with Gasteiger partial charge in [0.2, 0.25) is 5.91 Å². The van der Waals surface area contributed by atoms with E-state index >= 15 is 0 Å². The largest absolute Gasteiger partial charge is 0.352 e. The quantitative estimate of drug-likeness (QED) is 0.435. The Hall–Kier alpha value is -4.07. The van der Waals surface area contributed by atoms with E-state index in [0.717, 1.165) is 18.2 Å². The van der Waals surface area contributed by atoms with Gasteiger partial charge in [-0.2, -0.15) is 0 Å². The fourth-order valence-corrected chi connectivity index (χ4v) is 3.10. The molecule has 1 heterocycles. The number of benzene rings is 3. The van der Waals surface area contributed by atoms with Crippen LogP contribution in [0.25, 0.3) is 22.4 Å². The van der Waals surface area contributed by atoms with Crippen molar-refractivity contribution < 1.29 is 18.4 Å². The molecular weight excluding hydrogens is 402 g/mol. The number of rotatable bonds is 6.